The van der Waals surface area contributed by atoms with Crippen LogP contribution in [0.2, 0.25) is 0 Å². The van der Waals surface area contributed by atoms with Crippen LogP contribution in [0.5, 0.6) is 0 Å². The number of aryl methyl sites for hydroxylation is 1. The van der Waals surface area contributed by atoms with Gasteiger partial charge in [-0.1, -0.05) is 0 Å². The monoisotopic (exact) mass is 206 g/mol. The number of nitrogens with zero attached hydrogens (tertiary/aromatic N) is 3. The van der Waals surface area contributed by atoms with Crippen LogP contribution >= 0.6 is 0 Å². The van der Waals surface area contributed by atoms with Gasteiger partial charge in [0.25, 0.3) is 0 Å². The topological polar surface area (TPSA) is 89.2 Å². The minimum Gasteiger partial charge on any atom is -0.368 e. The molecule has 1 aliphatic rings. The molecule has 2 N–H and O–H groups in total. The second kappa shape index (κ2) is 3.30. The SMILES string of the molecule is Cc1cc(N2CC(=O)CC2=O)nc(N)n1. The van der Waals surface area contributed by atoms with Crippen molar-refractivity contribution in [3.05, 3.63) is 11.8 Å². The van der Waals surface area contributed by atoms with Crippen molar-refractivity contribution in [1.29, 1.82) is 0 Å². The Hall–Kier alpha value is -1.98. The van der Waals surface area contributed by atoms with E-state index in [0.29, 0.717) is 11.5 Å². The number of carbonyl (C=O) groups is 2. The van der Waals surface area contributed by atoms with Gasteiger partial charge in [0, 0.05) is 11.8 Å². The number of anilines is 2. The second-order valence-electron chi connectivity index (χ2n) is 3.42. The molecule has 1 saturated heterocycles. The molecule has 78 valence electrons. The molecule has 15 heavy (non-hydrogen) atoms. The van der Waals surface area contributed by atoms with E-state index >= 15 is 0 Å². The van der Waals surface area contributed by atoms with Crippen LogP contribution in [0.15, 0.2) is 6.07 Å². The number of rotatable bonds is 1. The summed E-state index contributed by atoms with van der Waals surface area (Å²) >= 11 is 0. The van der Waals surface area contributed by atoms with Crippen molar-refractivity contribution in [3.63, 3.8) is 0 Å². The fourth-order valence-electron chi connectivity index (χ4n) is 1.51. The molecule has 1 amide bonds. The van der Waals surface area contributed by atoms with E-state index in [1.807, 2.05) is 0 Å². The summed E-state index contributed by atoms with van der Waals surface area (Å²) in [6.07, 6.45) is -0.0526. The highest BCUT2D eigenvalue weighted by Crippen LogP contribution is 2.18. The molecule has 0 spiro atoms. The largest absolute Gasteiger partial charge is 0.368 e. The van der Waals surface area contributed by atoms with Crippen LogP contribution in [0.1, 0.15) is 12.1 Å². The average Bonchev–Trinajstić information content (AvgIpc) is 2.43. The van der Waals surface area contributed by atoms with Gasteiger partial charge in [0.2, 0.25) is 11.9 Å². The summed E-state index contributed by atoms with van der Waals surface area (Å²) < 4.78 is 0. The van der Waals surface area contributed by atoms with Gasteiger partial charge in [0.1, 0.15) is 5.82 Å². The molecule has 0 aromatic carbocycles. The van der Waals surface area contributed by atoms with Crippen molar-refractivity contribution in [2.75, 3.05) is 17.2 Å². The molecule has 0 aliphatic carbocycles. The first-order chi connectivity index (χ1) is 7.06. The van der Waals surface area contributed by atoms with Gasteiger partial charge < -0.3 is 5.73 Å². The molecule has 0 bridgehead atoms. The molecule has 0 saturated carbocycles. The number of aromatic nitrogens is 2. The highest BCUT2D eigenvalue weighted by molar-refractivity contribution is 6.14. The zero-order valence-corrected chi connectivity index (χ0v) is 8.23. The Morgan fingerprint density at radius 2 is 2.13 bits per heavy atom. The minimum absolute atomic E-state index is 0.0526. The van der Waals surface area contributed by atoms with E-state index in [-0.39, 0.29) is 30.6 Å². The van der Waals surface area contributed by atoms with Crippen molar-refractivity contribution in [3.8, 4) is 0 Å². The first-order valence-corrected chi connectivity index (χ1v) is 4.49. The minimum atomic E-state index is -0.238. The lowest BCUT2D eigenvalue weighted by molar-refractivity contribution is -0.121. The molecule has 2 heterocycles. The first kappa shape index (κ1) is 9.57. The van der Waals surface area contributed by atoms with Gasteiger partial charge in [0.05, 0.1) is 13.0 Å². The van der Waals surface area contributed by atoms with E-state index in [0.717, 1.165) is 0 Å². The molecule has 2 rings (SSSR count). The molecule has 6 heteroatoms. The molecule has 1 aromatic rings. The normalized spacial score (nSPS) is 16.2. The van der Waals surface area contributed by atoms with Crippen LogP contribution in [0.4, 0.5) is 11.8 Å². The van der Waals surface area contributed by atoms with Crippen LogP contribution in [0.3, 0.4) is 0 Å². The van der Waals surface area contributed by atoms with Gasteiger partial charge in [-0.25, -0.2) is 4.98 Å². The van der Waals surface area contributed by atoms with Crippen molar-refractivity contribution < 1.29 is 9.59 Å². The maximum absolute atomic E-state index is 11.4. The van der Waals surface area contributed by atoms with E-state index in [1.54, 1.807) is 13.0 Å². The van der Waals surface area contributed by atoms with Gasteiger partial charge in [-0.3, -0.25) is 14.5 Å². The molecule has 0 radical (unpaired) electrons. The fourth-order valence-corrected chi connectivity index (χ4v) is 1.51. The summed E-state index contributed by atoms with van der Waals surface area (Å²) in [5.41, 5.74) is 6.13. The highest BCUT2D eigenvalue weighted by Gasteiger charge is 2.29. The summed E-state index contributed by atoms with van der Waals surface area (Å²) in [5.74, 6) is 0.167. The Labute approximate surface area is 86.1 Å². The maximum Gasteiger partial charge on any atom is 0.236 e. The van der Waals surface area contributed by atoms with Crippen LogP contribution in [-0.4, -0.2) is 28.2 Å². The van der Waals surface area contributed by atoms with Crippen molar-refractivity contribution >= 4 is 23.5 Å². The van der Waals surface area contributed by atoms with E-state index in [4.69, 9.17) is 5.73 Å². The van der Waals surface area contributed by atoms with Gasteiger partial charge in [0.15, 0.2) is 5.78 Å². The smallest absolute Gasteiger partial charge is 0.236 e. The summed E-state index contributed by atoms with van der Waals surface area (Å²) in [6.45, 7) is 1.83. The number of ketones is 1. The van der Waals surface area contributed by atoms with Gasteiger partial charge in [-0.05, 0) is 6.92 Å². The number of hydrogen-bond acceptors (Lipinski definition) is 5. The van der Waals surface area contributed by atoms with E-state index in [1.165, 1.54) is 4.90 Å². The fraction of sp³-hybridized carbons (Fsp3) is 0.333. The van der Waals surface area contributed by atoms with Crippen LogP contribution in [-0.2, 0) is 9.59 Å². The number of Topliss-reactive ketones (excluding diaryl/α,β-unsaturated/α-hetero) is 1. The summed E-state index contributed by atoms with van der Waals surface area (Å²) in [7, 11) is 0. The van der Waals surface area contributed by atoms with Crippen LogP contribution in [0.25, 0.3) is 0 Å². The quantitative estimate of drug-likeness (QED) is 0.635. The molecule has 1 aromatic heterocycles. The van der Waals surface area contributed by atoms with E-state index in [2.05, 4.69) is 9.97 Å². The molecule has 0 unspecified atom stereocenters. The second-order valence-corrected chi connectivity index (χ2v) is 3.42. The summed E-state index contributed by atoms with van der Waals surface area (Å²) in [5, 5.41) is 0. The van der Waals surface area contributed by atoms with Crippen LogP contribution < -0.4 is 10.6 Å². The Bertz CT molecular complexity index is 423. The summed E-state index contributed by atoms with van der Waals surface area (Å²) in [4.78, 5) is 31.6. The van der Waals surface area contributed by atoms with Crippen molar-refractivity contribution in [1.82, 2.24) is 9.97 Å². The van der Waals surface area contributed by atoms with Gasteiger partial charge >= 0.3 is 0 Å². The van der Waals surface area contributed by atoms with Crippen molar-refractivity contribution in [2.24, 2.45) is 0 Å². The Morgan fingerprint density at radius 3 is 2.67 bits per heavy atom. The standard InChI is InChI=1S/C9H10N4O2/c1-5-2-7(12-9(10)11-5)13-4-6(14)3-8(13)15/h2H,3-4H2,1H3,(H2,10,11,12). The van der Waals surface area contributed by atoms with E-state index in [9.17, 15) is 9.59 Å². The van der Waals surface area contributed by atoms with Gasteiger partial charge in [-0.2, -0.15) is 4.98 Å². The average molecular weight is 206 g/mol. The zero-order valence-electron chi connectivity index (χ0n) is 8.23. The molecular formula is C9H10N4O2. The number of nitrogens with two attached hydrogens (primary N) is 1. The Kier molecular flexibility index (Phi) is 2.11. The lowest BCUT2D eigenvalue weighted by Crippen LogP contribution is -2.26. The summed E-state index contributed by atoms with van der Waals surface area (Å²) in [6, 6.07) is 1.63. The number of hydrogen-bond donors (Lipinski definition) is 1. The predicted molar refractivity (Wildman–Crippen MR) is 53.2 cm³/mol. The Balaban J connectivity index is 2.37. The predicted octanol–water partition coefficient (Wildman–Crippen LogP) is -0.327. The zero-order chi connectivity index (χ0) is 11.0. The molecule has 1 aliphatic heterocycles. The molecule has 6 nitrogen and oxygen atoms in total. The van der Waals surface area contributed by atoms with Crippen LogP contribution in [0, 0.1) is 6.92 Å². The molecule has 1 fully saturated rings. The highest BCUT2D eigenvalue weighted by atomic mass is 16.2. The lowest BCUT2D eigenvalue weighted by Gasteiger charge is -2.13. The number of carbonyl (C=O) groups excluding carboxylic acids is 2. The Morgan fingerprint density at radius 1 is 1.40 bits per heavy atom. The third-order valence-electron chi connectivity index (χ3n) is 2.12. The van der Waals surface area contributed by atoms with Crippen molar-refractivity contribution in [2.45, 2.75) is 13.3 Å². The molecule has 0 atom stereocenters. The number of amides is 1. The first-order valence-electron chi connectivity index (χ1n) is 4.49. The van der Waals surface area contributed by atoms with E-state index < -0.39 is 0 Å². The molecular weight excluding hydrogens is 196 g/mol. The third kappa shape index (κ3) is 1.78. The van der Waals surface area contributed by atoms with Gasteiger partial charge in [-0.15, -0.1) is 0 Å². The third-order valence-corrected chi connectivity index (χ3v) is 2.12. The maximum atomic E-state index is 11.4. The lowest BCUT2D eigenvalue weighted by atomic mass is 10.3. The number of nitrogen functional groups attached to an aromatic ring is 1.